The molecule has 7 heteroatoms. The van der Waals surface area contributed by atoms with Crippen LogP contribution >= 0.6 is 11.3 Å². The molecule has 4 N–H and O–H groups in total. The molecule has 1 amide bonds. The van der Waals surface area contributed by atoms with E-state index in [2.05, 4.69) is 10.3 Å². The lowest BCUT2D eigenvalue weighted by atomic mass is 10.1. The molecule has 2 atom stereocenters. The Morgan fingerprint density at radius 1 is 1.33 bits per heavy atom. The normalized spacial score (nSPS) is 13.4. The van der Waals surface area contributed by atoms with Crippen LogP contribution in [0.2, 0.25) is 0 Å². The minimum absolute atomic E-state index is 0.175. The van der Waals surface area contributed by atoms with Crippen LogP contribution in [-0.2, 0) is 4.79 Å². The molecule has 0 aliphatic carbocycles. The number of carbonyl (C=O) groups excluding carboxylic acids is 1. The number of nitrogens with zero attached hydrogens (tertiary/aromatic N) is 1. The van der Waals surface area contributed by atoms with Gasteiger partial charge >= 0.3 is 5.97 Å². The molecule has 2 rings (SSSR count). The summed E-state index contributed by atoms with van der Waals surface area (Å²) in [5.74, 6) is -1.66. The van der Waals surface area contributed by atoms with Gasteiger partial charge in [0, 0.05) is 5.38 Å². The highest BCUT2D eigenvalue weighted by atomic mass is 32.1. The SMILES string of the molecule is CC(N)c1nc(C(=O)N[C@@H](C(=O)O)c2ccccc2)cs1. The largest absolute Gasteiger partial charge is 0.479 e. The fourth-order valence-electron chi connectivity index (χ4n) is 1.74. The average molecular weight is 305 g/mol. The fourth-order valence-corrected chi connectivity index (χ4v) is 2.50. The Kier molecular flexibility index (Phi) is 4.66. The quantitative estimate of drug-likeness (QED) is 0.780. The van der Waals surface area contributed by atoms with E-state index < -0.39 is 17.9 Å². The molecule has 0 saturated heterocycles. The minimum atomic E-state index is -1.13. The second-order valence-electron chi connectivity index (χ2n) is 4.52. The van der Waals surface area contributed by atoms with Gasteiger partial charge in [0.2, 0.25) is 0 Å². The highest BCUT2D eigenvalue weighted by molar-refractivity contribution is 7.09. The van der Waals surface area contributed by atoms with E-state index in [0.717, 1.165) is 0 Å². The molecule has 1 aromatic heterocycles. The van der Waals surface area contributed by atoms with Crippen LogP contribution in [0.5, 0.6) is 0 Å². The van der Waals surface area contributed by atoms with Gasteiger partial charge in [-0.15, -0.1) is 11.3 Å². The second-order valence-corrected chi connectivity index (χ2v) is 5.40. The number of hydrogen-bond donors (Lipinski definition) is 3. The number of rotatable bonds is 5. The molecule has 0 bridgehead atoms. The molecule has 6 nitrogen and oxygen atoms in total. The molecule has 110 valence electrons. The Hall–Kier alpha value is -2.25. The van der Waals surface area contributed by atoms with Gasteiger partial charge in [-0.3, -0.25) is 4.79 Å². The Bertz CT molecular complexity index is 640. The molecular weight excluding hydrogens is 290 g/mol. The van der Waals surface area contributed by atoms with Crippen molar-refractivity contribution < 1.29 is 14.7 Å². The van der Waals surface area contributed by atoms with E-state index in [9.17, 15) is 14.7 Å². The van der Waals surface area contributed by atoms with Crippen molar-refractivity contribution in [2.75, 3.05) is 0 Å². The Morgan fingerprint density at radius 3 is 2.52 bits per heavy atom. The molecule has 0 aliphatic rings. The van der Waals surface area contributed by atoms with Crippen molar-refractivity contribution >= 4 is 23.2 Å². The second kappa shape index (κ2) is 6.47. The van der Waals surface area contributed by atoms with Gasteiger partial charge in [-0.05, 0) is 12.5 Å². The summed E-state index contributed by atoms with van der Waals surface area (Å²) < 4.78 is 0. The topological polar surface area (TPSA) is 105 Å². The fraction of sp³-hybridized carbons (Fsp3) is 0.214. The first-order valence-corrected chi connectivity index (χ1v) is 7.16. The molecule has 0 aliphatic heterocycles. The molecule has 0 spiro atoms. The maximum Gasteiger partial charge on any atom is 0.330 e. The number of benzene rings is 1. The Morgan fingerprint density at radius 2 is 2.00 bits per heavy atom. The van der Waals surface area contributed by atoms with Gasteiger partial charge in [-0.25, -0.2) is 9.78 Å². The van der Waals surface area contributed by atoms with Crippen LogP contribution in [0.1, 0.15) is 40.1 Å². The van der Waals surface area contributed by atoms with Gasteiger partial charge in [0.1, 0.15) is 10.7 Å². The van der Waals surface area contributed by atoms with Crippen molar-refractivity contribution in [3.63, 3.8) is 0 Å². The summed E-state index contributed by atoms with van der Waals surface area (Å²) in [6.07, 6.45) is 0. The molecule has 2 aromatic rings. The first-order chi connectivity index (χ1) is 9.99. The number of thiazole rings is 1. The standard InChI is InChI=1S/C14H15N3O3S/c1-8(15)13-16-10(7-21-13)12(18)17-11(14(19)20)9-5-3-2-4-6-9/h2-8,11H,15H2,1H3,(H,17,18)(H,19,20)/t8?,11-/m1/s1. The summed E-state index contributed by atoms with van der Waals surface area (Å²) >= 11 is 1.27. The zero-order valence-corrected chi connectivity index (χ0v) is 12.1. The lowest BCUT2D eigenvalue weighted by molar-refractivity contribution is -0.139. The minimum Gasteiger partial charge on any atom is -0.479 e. The maximum atomic E-state index is 12.1. The first kappa shape index (κ1) is 15.1. The van der Waals surface area contributed by atoms with Crippen molar-refractivity contribution in [3.05, 3.63) is 52.0 Å². The van der Waals surface area contributed by atoms with Gasteiger partial charge < -0.3 is 16.2 Å². The predicted molar refractivity (Wildman–Crippen MR) is 79.0 cm³/mol. The summed E-state index contributed by atoms with van der Waals surface area (Å²) in [7, 11) is 0. The third kappa shape index (κ3) is 3.65. The number of amides is 1. The molecule has 1 unspecified atom stereocenters. The van der Waals surface area contributed by atoms with E-state index in [1.165, 1.54) is 11.3 Å². The molecule has 1 aromatic carbocycles. The third-order valence-corrected chi connectivity index (χ3v) is 3.85. The average Bonchev–Trinajstić information content (AvgIpc) is 2.95. The highest BCUT2D eigenvalue weighted by Crippen LogP contribution is 2.18. The molecule has 0 saturated carbocycles. The van der Waals surface area contributed by atoms with Crippen molar-refractivity contribution in [1.29, 1.82) is 0 Å². The number of hydrogen-bond acceptors (Lipinski definition) is 5. The van der Waals surface area contributed by atoms with Crippen molar-refractivity contribution in [2.45, 2.75) is 19.0 Å². The van der Waals surface area contributed by atoms with E-state index in [-0.39, 0.29) is 11.7 Å². The zero-order valence-electron chi connectivity index (χ0n) is 11.3. The number of carbonyl (C=O) groups is 2. The Labute approximate surface area is 125 Å². The summed E-state index contributed by atoms with van der Waals surface area (Å²) in [4.78, 5) is 27.5. The summed E-state index contributed by atoms with van der Waals surface area (Å²) in [5, 5.41) is 13.9. The van der Waals surface area contributed by atoms with Gasteiger partial charge in [0.05, 0.1) is 6.04 Å². The Balaban J connectivity index is 2.17. The van der Waals surface area contributed by atoms with E-state index in [4.69, 9.17) is 5.73 Å². The zero-order chi connectivity index (χ0) is 15.4. The van der Waals surface area contributed by atoms with Crippen molar-refractivity contribution in [2.24, 2.45) is 5.73 Å². The van der Waals surface area contributed by atoms with Crippen molar-refractivity contribution in [1.82, 2.24) is 10.3 Å². The summed E-state index contributed by atoms with van der Waals surface area (Å²) in [6.45, 7) is 1.77. The van der Waals surface area contributed by atoms with Gasteiger partial charge in [-0.2, -0.15) is 0 Å². The van der Waals surface area contributed by atoms with Gasteiger partial charge in [-0.1, -0.05) is 30.3 Å². The number of nitrogens with one attached hydrogen (secondary N) is 1. The number of carboxylic acid groups (broad SMARTS) is 1. The summed E-state index contributed by atoms with van der Waals surface area (Å²) in [5.41, 5.74) is 6.37. The maximum absolute atomic E-state index is 12.1. The smallest absolute Gasteiger partial charge is 0.330 e. The summed E-state index contributed by atoms with van der Waals surface area (Å²) in [6, 6.07) is 7.13. The highest BCUT2D eigenvalue weighted by Gasteiger charge is 2.23. The van der Waals surface area contributed by atoms with Crippen LogP contribution < -0.4 is 11.1 Å². The van der Waals surface area contributed by atoms with Gasteiger partial charge in [0.15, 0.2) is 6.04 Å². The number of nitrogens with two attached hydrogens (primary N) is 1. The van der Waals surface area contributed by atoms with E-state index >= 15 is 0 Å². The number of aliphatic carboxylic acids is 1. The monoisotopic (exact) mass is 305 g/mol. The van der Waals surface area contributed by atoms with E-state index in [1.54, 1.807) is 42.6 Å². The predicted octanol–water partition coefficient (Wildman–Crippen LogP) is 1.72. The molecule has 0 fully saturated rings. The van der Waals surface area contributed by atoms with Crippen LogP contribution in [0.15, 0.2) is 35.7 Å². The van der Waals surface area contributed by atoms with Gasteiger partial charge in [0.25, 0.3) is 5.91 Å². The van der Waals surface area contributed by atoms with Crippen molar-refractivity contribution in [3.8, 4) is 0 Å². The molecule has 1 heterocycles. The van der Waals surface area contributed by atoms with E-state index in [1.807, 2.05) is 0 Å². The molecular formula is C14H15N3O3S. The van der Waals surface area contributed by atoms with Crippen LogP contribution in [-0.4, -0.2) is 22.0 Å². The molecule has 0 radical (unpaired) electrons. The first-order valence-electron chi connectivity index (χ1n) is 6.28. The third-order valence-electron chi connectivity index (χ3n) is 2.80. The van der Waals surface area contributed by atoms with E-state index in [0.29, 0.717) is 10.6 Å². The van der Waals surface area contributed by atoms with Crippen LogP contribution in [0, 0.1) is 0 Å². The van der Waals surface area contributed by atoms with Crippen LogP contribution in [0.4, 0.5) is 0 Å². The lowest BCUT2D eigenvalue weighted by Crippen LogP contribution is -2.34. The number of carboxylic acids is 1. The van der Waals surface area contributed by atoms with Crippen LogP contribution in [0.3, 0.4) is 0 Å². The number of aromatic nitrogens is 1. The molecule has 21 heavy (non-hydrogen) atoms. The lowest BCUT2D eigenvalue weighted by Gasteiger charge is -2.13. The van der Waals surface area contributed by atoms with Crippen LogP contribution in [0.25, 0.3) is 0 Å².